The maximum absolute atomic E-state index is 11.8. The topological polar surface area (TPSA) is 74.3 Å². The normalized spacial score (nSPS) is 14.3. The number of ether oxygens (including phenoxy) is 1. The number of hydrogen-bond donors (Lipinski definition) is 1. The van der Waals surface area contributed by atoms with E-state index >= 15 is 0 Å². The number of H-pyrrole nitrogens is 1. The summed E-state index contributed by atoms with van der Waals surface area (Å²) < 4.78 is 5.05. The highest BCUT2D eigenvalue weighted by molar-refractivity contribution is 6.33. The SMILES string of the molecule is CCOC(=O)N(C)C1CN(c2cc(-c3nc4ccccc4[nH]3)c(Cl)cn2)C1. The average molecular weight is 386 g/mol. The van der Waals surface area contributed by atoms with Crippen molar-refractivity contribution in [2.24, 2.45) is 0 Å². The Bertz CT molecular complexity index is 950. The van der Waals surface area contributed by atoms with E-state index in [4.69, 9.17) is 16.3 Å². The lowest BCUT2D eigenvalue weighted by atomic mass is 10.1. The maximum atomic E-state index is 11.8. The van der Waals surface area contributed by atoms with Crippen molar-refractivity contribution >= 4 is 34.5 Å². The summed E-state index contributed by atoms with van der Waals surface area (Å²) in [4.78, 5) is 27.9. The first kappa shape index (κ1) is 17.6. The zero-order valence-electron chi connectivity index (χ0n) is 15.1. The van der Waals surface area contributed by atoms with Crippen molar-refractivity contribution in [3.63, 3.8) is 0 Å². The van der Waals surface area contributed by atoms with Crippen molar-refractivity contribution in [3.8, 4) is 11.4 Å². The summed E-state index contributed by atoms with van der Waals surface area (Å²) >= 11 is 6.37. The van der Waals surface area contributed by atoms with Crippen LogP contribution in [0.5, 0.6) is 0 Å². The lowest BCUT2D eigenvalue weighted by Crippen LogP contribution is -2.60. The first-order valence-corrected chi connectivity index (χ1v) is 9.19. The highest BCUT2D eigenvalue weighted by Crippen LogP contribution is 2.31. The van der Waals surface area contributed by atoms with Gasteiger partial charge in [0, 0.05) is 31.9 Å². The Kier molecular flexibility index (Phi) is 4.61. The first-order valence-electron chi connectivity index (χ1n) is 8.82. The minimum atomic E-state index is -0.297. The molecule has 1 aliphatic heterocycles. The fraction of sp³-hybridized carbons (Fsp3) is 0.316. The molecule has 0 unspecified atom stereocenters. The number of aromatic amines is 1. The molecule has 1 amide bonds. The van der Waals surface area contributed by atoms with Crippen LogP contribution in [0.2, 0.25) is 5.02 Å². The second kappa shape index (κ2) is 7.08. The van der Waals surface area contributed by atoms with Crippen molar-refractivity contribution in [1.82, 2.24) is 19.9 Å². The van der Waals surface area contributed by atoms with Crippen LogP contribution in [0.4, 0.5) is 10.6 Å². The van der Waals surface area contributed by atoms with E-state index in [1.165, 1.54) is 0 Å². The predicted molar refractivity (Wildman–Crippen MR) is 105 cm³/mol. The zero-order valence-corrected chi connectivity index (χ0v) is 15.9. The molecule has 1 aromatic carbocycles. The Balaban J connectivity index is 1.53. The number of nitrogens with zero attached hydrogens (tertiary/aromatic N) is 4. The number of hydrogen-bond acceptors (Lipinski definition) is 5. The fourth-order valence-electron chi connectivity index (χ4n) is 3.12. The second-order valence-electron chi connectivity index (χ2n) is 6.49. The van der Waals surface area contributed by atoms with Crippen LogP contribution < -0.4 is 4.90 Å². The predicted octanol–water partition coefficient (Wildman–Crippen LogP) is 3.56. The molecule has 4 rings (SSSR count). The van der Waals surface area contributed by atoms with E-state index in [-0.39, 0.29) is 12.1 Å². The summed E-state index contributed by atoms with van der Waals surface area (Å²) in [6, 6.07) is 9.89. The number of aromatic nitrogens is 3. The highest BCUT2D eigenvalue weighted by atomic mass is 35.5. The van der Waals surface area contributed by atoms with Crippen LogP contribution in [0.3, 0.4) is 0 Å². The van der Waals surface area contributed by atoms with Crippen molar-refractivity contribution in [1.29, 1.82) is 0 Å². The van der Waals surface area contributed by atoms with Gasteiger partial charge in [-0.2, -0.15) is 0 Å². The maximum Gasteiger partial charge on any atom is 0.409 e. The number of likely N-dealkylation sites (N-methyl/N-ethyl adjacent to an activating group) is 1. The minimum absolute atomic E-state index is 0.108. The molecule has 0 saturated carbocycles. The van der Waals surface area contributed by atoms with Crippen molar-refractivity contribution in [2.75, 3.05) is 31.6 Å². The smallest absolute Gasteiger partial charge is 0.409 e. The van der Waals surface area contributed by atoms with Gasteiger partial charge in [0.15, 0.2) is 0 Å². The molecule has 1 aliphatic rings. The molecule has 3 heterocycles. The molecule has 3 aromatic rings. The van der Waals surface area contributed by atoms with E-state index in [1.54, 1.807) is 25.1 Å². The van der Waals surface area contributed by atoms with Crippen LogP contribution in [-0.2, 0) is 4.74 Å². The Morgan fingerprint density at radius 2 is 2.19 bits per heavy atom. The number of rotatable bonds is 4. The van der Waals surface area contributed by atoms with Gasteiger partial charge in [-0.15, -0.1) is 0 Å². The highest BCUT2D eigenvalue weighted by Gasteiger charge is 2.34. The molecule has 27 heavy (non-hydrogen) atoms. The molecule has 0 aliphatic carbocycles. The van der Waals surface area contributed by atoms with Crippen LogP contribution in [0.25, 0.3) is 22.4 Å². The molecular weight excluding hydrogens is 366 g/mol. The van der Waals surface area contributed by atoms with E-state index in [1.807, 2.05) is 30.3 Å². The van der Waals surface area contributed by atoms with Crippen LogP contribution >= 0.6 is 11.6 Å². The lowest BCUT2D eigenvalue weighted by Gasteiger charge is -2.44. The molecule has 1 saturated heterocycles. The van der Waals surface area contributed by atoms with E-state index in [9.17, 15) is 4.79 Å². The third-order valence-corrected chi connectivity index (χ3v) is 5.08. The van der Waals surface area contributed by atoms with Gasteiger partial charge in [0.05, 0.1) is 28.7 Å². The minimum Gasteiger partial charge on any atom is -0.450 e. The number of halogens is 1. The molecule has 1 fully saturated rings. The summed E-state index contributed by atoms with van der Waals surface area (Å²) in [5, 5.41) is 0.540. The standard InChI is InChI=1S/C19H20ClN5O2/c1-3-27-19(26)24(2)12-10-25(11-12)17-8-13(14(20)9-21-17)18-22-15-6-4-5-7-16(15)23-18/h4-9,12H,3,10-11H2,1-2H3,(H,22,23). The van der Waals surface area contributed by atoms with Gasteiger partial charge in [-0.3, -0.25) is 0 Å². The number of carbonyl (C=O) groups excluding carboxylic acids is 1. The monoisotopic (exact) mass is 385 g/mol. The summed E-state index contributed by atoms with van der Waals surface area (Å²) in [7, 11) is 1.76. The Morgan fingerprint density at radius 1 is 1.41 bits per heavy atom. The molecule has 0 radical (unpaired) electrons. The summed E-state index contributed by atoms with van der Waals surface area (Å²) in [6.07, 6.45) is 1.34. The quantitative estimate of drug-likeness (QED) is 0.743. The Labute approximate surface area is 161 Å². The molecule has 0 bridgehead atoms. The largest absolute Gasteiger partial charge is 0.450 e. The van der Waals surface area contributed by atoms with E-state index < -0.39 is 0 Å². The number of carbonyl (C=O) groups is 1. The summed E-state index contributed by atoms with van der Waals surface area (Å²) in [5.41, 5.74) is 2.66. The molecule has 140 valence electrons. The van der Waals surface area contributed by atoms with Crippen LogP contribution in [0.1, 0.15) is 6.92 Å². The zero-order chi connectivity index (χ0) is 19.0. The first-order chi connectivity index (χ1) is 13.1. The van der Waals surface area contributed by atoms with E-state index in [0.29, 0.717) is 30.5 Å². The number of amides is 1. The number of para-hydroxylation sites is 2. The van der Waals surface area contributed by atoms with Gasteiger partial charge < -0.3 is 19.5 Å². The summed E-state index contributed by atoms with van der Waals surface area (Å²) in [5.74, 6) is 1.52. The van der Waals surface area contributed by atoms with E-state index in [2.05, 4.69) is 19.9 Å². The Morgan fingerprint density at radius 3 is 2.93 bits per heavy atom. The van der Waals surface area contributed by atoms with Gasteiger partial charge in [0.2, 0.25) is 0 Å². The molecule has 1 N–H and O–H groups in total. The molecule has 0 atom stereocenters. The number of benzene rings is 1. The molecule has 8 heteroatoms. The Hall–Kier alpha value is -2.80. The van der Waals surface area contributed by atoms with Crippen LogP contribution in [0, 0.1) is 0 Å². The van der Waals surface area contributed by atoms with E-state index in [0.717, 1.165) is 22.4 Å². The lowest BCUT2D eigenvalue weighted by molar-refractivity contribution is 0.0953. The van der Waals surface area contributed by atoms with Crippen LogP contribution in [-0.4, -0.2) is 58.7 Å². The molecule has 0 spiro atoms. The van der Waals surface area contributed by atoms with Gasteiger partial charge in [-0.25, -0.2) is 14.8 Å². The van der Waals surface area contributed by atoms with Crippen LogP contribution in [0.15, 0.2) is 36.5 Å². The fourth-order valence-corrected chi connectivity index (χ4v) is 3.32. The third kappa shape index (κ3) is 3.30. The number of imidazole rings is 1. The second-order valence-corrected chi connectivity index (χ2v) is 6.90. The van der Waals surface area contributed by atoms with Gasteiger partial charge in [-0.1, -0.05) is 23.7 Å². The van der Waals surface area contributed by atoms with Gasteiger partial charge in [0.25, 0.3) is 0 Å². The average Bonchev–Trinajstić information content (AvgIpc) is 3.05. The van der Waals surface area contributed by atoms with Crippen molar-refractivity contribution in [2.45, 2.75) is 13.0 Å². The van der Waals surface area contributed by atoms with Gasteiger partial charge in [0.1, 0.15) is 11.6 Å². The number of fused-ring (bicyclic) bond motifs is 1. The summed E-state index contributed by atoms with van der Waals surface area (Å²) in [6.45, 7) is 3.57. The molecule has 2 aromatic heterocycles. The van der Waals surface area contributed by atoms with Crippen molar-refractivity contribution < 1.29 is 9.53 Å². The number of pyridine rings is 1. The number of anilines is 1. The third-order valence-electron chi connectivity index (χ3n) is 4.78. The van der Waals surface area contributed by atoms with Gasteiger partial charge in [-0.05, 0) is 25.1 Å². The van der Waals surface area contributed by atoms with Gasteiger partial charge >= 0.3 is 6.09 Å². The molecule has 7 nitrogen and oxygen atoms in total. The number of nitrogens with one attached hydrogen (secondary N) is 1. The molecular formula is C19H20ClN5O2. The van der Waals surface area contributed by atoms with Crippen molar-refractivity contribution in [3.05, 3.63) is 41.6 Å².